The minimum atomic E-state index is -0.419. The van der Waals surface area contributed by atoms with Gasteiger partial charge in [-0.2, -0.15) is 0 Å². The summed E-state index contributed by atoms with van der Waals surface area (Å²) in [5.41, 5.74) is 1.34. The van der Waals surface area contributed by atoms with Crippen molar-refractivity contribution in [1.82, 2.24) is 4.98 Å². The van der Waals surface area contributed by atoms with Crippen LogP contribution < -0.4 is 10.1 Å². The van der Waals surface area contributed by atoms with Crippen molar-refractivity contribution in [1.29, 1.82) is 0 Å². The number of ether oxygens (including phenoxy) is 1. The molecule has 0 atom stereocenters. The number of nitrogens with one attached hydrogen (secondary N) is 1. The summed E-state index contributed by atoms with van der Waals surface area (Å²) in [5.74, 6) is 0.495. The molecule has 2 rings (SSSR count). The van der Waals surface area contributed by atoms with E-state index in [0.717, 1.165) is 10.7 Å². The minimum absolute atomic E-state index is 0.00269. The van der Waals surface area contributed by atoms with Gasteiger partial charge in [0.05, 0.1) is 34.8 Å². The Bertz CT molecular complexity index is 613. The Hall–Kier alpha value is -2.15. The summed E-state index contributed by atoms with van der Waals surface area (Å²) in [5, 5.41) is 17.0. The molecule has 20 heavy (non-hydrogen) atoms. The standard InChI is InChI=1S/C13H15N3O3S/c1-3-19-11-4-5-12(13(6-11)16(17)18)14-7-10-8-20-9(2)15-10/h4-6,8,14H,3,7H2,1-2H3. The van der Waals surface area contributed by atoms with Gasteiger partial charge in [0.25, 0.3) is 5.69 Å². The zero-order chi connectivity index (χ0) is 14.5. The number of nitro benzene ring substituents is 1. The van der Waals surface area contributed by atoms with Crippen LogP contribution in [-0.2, 0) is 6.54 Å². The molecule has 2 aromatic rings. The fourth-order valence-corrected chi connectivity index (χ4v) is 2.36. The van der Waals surface area contributed by atoms with Crippen LogP contribution in [0, 0.1) is 17.0 Å². The lowest BCUT2D eigenvalue weighted by Gasteiger charge is -2.08. The zero-order valence-electron chi connectivity index (χ0n) is 11.3. The third-order valence-corrected chi connectivity index (χ3v) is 3.43. The topological polar surface area (TPSA) is 77.3 Å². The third-order valence-electron chi connectivity index (χ3n) is 2.60. The molecule has 1 aromatic carbocycles. The monoisotopic (exact) mass is 293 g/mol. The van der Waals surface area contributed by atoms with Gasteiger partial charge in [-0.3, -0.25) is 10.1 Å². The van der Waals surface area contributed by atoms with Crippen molar-refractivity contribution in [3.8, 4) is 5.75 Å². The summed E-state index contributed by atoms with van der Waals surface area (Å²) in [4.78, 5) is 15.0. The summed E-state index contributed by atoms with van der Waals surface area (Å²) in [6, 6.07) is 4.80. The molecule has 0 aliphatic heterocycles. The number of rotatable bonds is 6. The molecule has 106 valence electrons. The van der Waals surface area contributed by atoms with Crippen LogP contribution in [-0.4, -0.2) is 16.5 Å². The van der Waals surface area contributed by atoms with E-state index in [1.807, 2.05) is 19.2 Å². The van der Waals surface area contributed by atoms with Crippen molar-refractivity contribution in [2.75, 3.05) is 11.9 Å². The molecule has 7 heteroatoms. The minimum Gasteiger partial charge on any atom is -0.494 e. The lowest BCUT2D eigenvalue weighted by Crippen LogP contribution is -2.03. The maximum absolute atomic E-state index is 11.1. The number of benzene rings is 1. The van der Waals surface area contributed by atoms with Crippen LogP contribution in [0.1, 0.15) is 17.6 Å². The van der Waals surface area contributed by atoms with Gasteiger partial charge < -0.3 is 10.1 Å². The van der Waals surface area contributed by atoms with Gasteiger partial charge in [-0.05, 0) is 26.0 Å². The highest BCUT2D eigenvalue weighted by Gasteiger charge is 2.15. The Labute approximate surface area is 120 Å². The van der Waals surface area contributed by atoms with Crippen LogP contribution in [0.15, 0.2) is 23.6 Å². The molecule has 0 fully saturated rings. The first-order valence-electron chi connectivity index (χ1n) is 6.16. The molecule has 0 spiro atoms. The van der Waals surface area contributed by atoms with Crippen molar-refractivity contribution in [2.45, 2.75) is 20.4 Å². The summed E-state index contributed by atoms with van der Waals surface area (Å²) in [6.45, 7) is 4.69. The lowest BCUT2D eigenvalue weighted by atomic mass is 10.2. The Kier molecular flexibility index (Phi) is 4.52. The van der Waals surface area contributed by atoms with Crippen LogP contribution in [0.3, 0.4) is 0 Å². The van der Waals surface area contributed by atoms with Crippen LogP contribution in [0.5, 0.6) is 5.75 Å². The average molecular weight is 293 g/mol. The van der Waals surface area contributed by atoms with Crippen molar-refractivity contribution in [3.63, 3.8) is 0 Å². The molecule has 6 nitrogen and oxygen atoms in total. The van der Waals surface area contributed by atoms with Gasteiger partial charge in [0.15, 0.2) is 0 Å². The smallest absolute Gasteiger partial charge is 0.296 e. The highest BCUT2D eigenvalue weighted by Crippen LogP contribution is 2.29. The lowest BCUT2D eigenvalue weighted by molar-refractivity contribution is -0.384. The van der Waals surface area contributed by atoms with E-state index in [1.54, 1.807) is 23.5 Å². The molecular formula is C13H15N3O3S. The Balaban J connectivity index is 2.15. The van der Waals surface area contributed by atoms with Crippen molar-refractivity contribution in [2.24, 2.45) is 0 Å². The first kappa shape index (κ1) is 14.3. The fraction of sp³-hybridized carbons (Fsp3) is 0.308. The second-order valence-electron chi connectivity index (χ2n) is 4.08. The fourth-order valence-electron chi connectivity index (χ4n) is 1.74. The highest BCUT2D eigenvalue weighted by molar-refractivity contribution is 7.09. The van der Waals surface area contributed by atoms with E-state index in [4.69, 9.17) is 4.74 Å². The number of thiazole rings is 1. The molecule has 0 saturated carbocycles. The number of nitro groups is 1. The normalized spacial score (nSPS) is 10.3. The first-order valence-corrected chi connectivity index (χ1v) is 7.04. The number of hydrogen-bond donors (Lipinski definition) is 1. The predicted molar refractivity (Wildman–Crippen MR) is 78.4 cm³/mol. The second-order valence-corrected chi connectivity index (χ2v) is 5.14. The quantitative estimate of drug-likeness (QED) is 0.652. The number of anilines is 1. The van der Waals surface area contributed by atoms with Gasteiger partial charge in [0.2, 0.25) is 0 Å². The van der Waals surface area contributed by atoms with Crippen molar-refractivity contribution < 1.29 is 9.66 Å². The van der Waals surface area contributed by atoms with Crippen LogP contribution in [0.2, 0.25) is 0 Å². The molecule has 0 saturated heterocycles. The molecule has 0 amide bonds. The third kappa shape index (κ3) is 3.45. The maximum Gasteiger partial charge on any atom is 0.296 e. The largest absolute Gasteiger partial charge is 0.494 e. The Morgan fingerprint density at radius 1 is 1.50 bits per heavy atom. The van der Waals surface area contributed by atoms with E-state index in [0.29, 0.717) is 24.6 Å². The molecule has 0 aliphatic carbocycles. The SMILES string of the molecule is CCOc1ccc(NCc2csc(C)n2)c([N+](=O)[O-])c1. The molecule has 0 bridgehead atoms. The van der Waals surface area contributed by atoms with Crippen molar-refractivity contribution >= 4 is 22.7 Å². The van der Waals surface area contributed by atoms with Gasteiger partial charge in [0.1, 0.15) is 11.4 Å². The number of hydrogen-bond acceptors (Lipinski definition) is 6. The zero-order valence-corrected chi connectivity index (χ0v) is 12.1. The van der Waals surface area contributed by atoms with E-state index >= 15 is 0 Å². The molecule has 0 radical (unpaired) electrons. The van der Waals surface area contributed by atoms with E-state index in [-0.39, 0.29) is 5.69 Å². The second kappa shape index (κ2) is 6.33. The van der Waals surface area contributed by atoms with E-state index in [2.05, 4.69) is 10.3 Å². The highest BCUT2D eigenvalue weighted by atomic mass is 32.1. The number of aromatic nitrogens is 1. The molecular weight excluding hydrogens is 278 g/mol. The van der Waals surface area contributed by atoms with E-state index < -0.39 is 4.92 Å². The molecule has 0 unspecified atom stereocenters. The molecule has 1 N–H and O–H groups in total. The van der Waals surface area contributed by atoms with Crippen LogP contribution in [0.4, 0.5) is 11.4 Å². The molecule has 1 heterocycles. The summed E-state index contributed by atoms with van der Waals surface area (Å²) in [7, 11) is 0. The van der Waals surface area contributed by atoms with Crippen molar-refractivity contribution in [3.05, 3.63) is 44.4 Å². The molecule has 0 aliphatic rings. The maximum atomic E-state index is 11.1. The number of aryl methyl sites for hydroxylation is 1. The van der Waals surface area contributed by atoms with E-state index in [1.165, 1.54) is 6.07 Å². The first-order chi connectivity index (χ1) is 9.60. The average Bonchev–Trinajstić information content (AvgIpc) is 2.83. The van der Waals surface area contributed by atoms with Gasteiger partial charge in [0, 0.05) is 5.38 Å². The van der Waals surface area contributed by atoms with Crippen LogP contribution >= 0.6 is 11.3 Å². The van der Waals surface area contributed by atoms with E-state index in [9.17, 15) is 10.1 Å². The van der Waals surface area contributed by atoms with Crippen LogP contribution in [0.25, 0.3) is 0 Å². The van der Waals surface area contributed by atoms with Gasteiger partial charge in [-0.1, -0.05) is 0 Å². The molecule has 1 aromatic heterocycles. The van der Waals surface area contributed by atoms with Gasteiger partial charge >= 0.3 is 0 Å². The summed E-state index contributed by atoms with van der Waals surface area (Å²) < 4.78 is 5.27. The Morgan fingerprint density at radius 2 is 2.30 bits per heavy atom. The van der Waals surface area contributed by atoms with Gasteiger partial charge in [-0.25, -0.2) is 4.98 Å². The summed E-state index contributed by atoms with van der Waals surface area (Å²) >= 11 is 1.55. The predicted octanol–water partition coefficient (Wildman–Crippen LogP) is 3.37. The Morgan fingerprint density at radius 3 is 2.90 bits per heavy atom. The number of nitrogens with zero attached hydrogens (tertiary/aromatic N) is 2. The van der Waals surface area contributed by atoms with Gasteiger partial charge in [-0.15, -0.1) is 11.3 Å². The summed E-state index contributed by atoms with van der Waals surface area (Å²) in [6.07, 6.45) is 0.